The number of nitrogens with two attached hydrogens (primary N) is 1. The van der Waals surface area contributed by atoms with Gasteiger partial charge in [0, 0.05) is 11.1 Å². The van der Waals surface area contributed by atoms with Crippen LogP contribution < -0.4 is 5.73 Å². The van der Waals surface area contributed by atoms with E-state index in [1.165, 1.54) is 0 Å². The third kappa shape index (κ3) is 2.08. The average molecular weight is 293 g/mol. The molecule has 0 aliphatic carbocycles. The van der Waals surface area contributed by atoms with Crippen molar-refractivity contribution >= 4 is 5.91 Å². The zero-order chi connectivity index (χ0) is 15.9. The van der Waals surface area contributed by atoms with Crippen LogP contribution in [0.3, 0.4) is 0 Å². The summed E-state index contributed by atoms with van der Waals surface area (Å²) >= 11 is 0. The minimum absolute atomic E-state index is 0.271. The molecule has 0 saturated heterocycles. The van der Waals surface area contributed by atoms with Crippen LogP contribution in [0.4, 0.5) is 0 Å². The van der Waals surface area contributed by atoms with Gasteiger partial charge in [-0.15, -0.1) is 0 Å². The minimum atomic E-state index is -1.05. The molecular formula is C13H11NO7. The number of amides is 1. The second-order valence-electron chi connectivity index (χ2n) is 4.21. The number of benzene rings is 2. The smallest absolute Gasteiger partial charge is 0.249 e. The van der Waals surface area contributed by atoms with E-state index in [9.17, 15) is 35.4 Å². The molecule has 2 aromatic rings. The molecule has 0 fully saturated rings. The molecule has 0 bridgehead atoms. The molecule has 2 rings (SSSR count). The molecule has 0 unspecified atom stereocenters. The number of phenols is 6. The van der Waals surface area contributed by atoms with Crippen LogP contribution in [-0.2, 0) is 0 Å². The lowest BCUT2D eigenvalue weighted by Crippen LogP contribution is -2.12. The Hall–Kier alpha value is -3.29. The predicted molar refractivity (Wildman–Crippen MR) is 70.4 cm³/mol. The van der Waals surface area contributed by atoms with Crippen LogP contribution in [0, 0.1) is 0 Å². The number of primary amides is 1. The molecule has 8 heteroatoms. The summed E-state index contributed by atoms with van der Waals surface area (Å²) in [6.45, 7) is 0. The van der Waals surface area contributed by atoms with Crippen LogP contribution in [0.25, 0.3) is 11.1 Å². The summed E-state index contributed by atoms with van der Waals surface area (Å²) < 4.78 is 0. The molecule has 0 spiro atoms. The Kier molecular flexibility index (Phi) is 3.14. The minimum Gasteiger partial charge on any atom is -0.504 e. The Morgan fingerprint density at radius 3 is 1.95 bits per heavy atom. The molecule has 2 aromatic carbocycles. The summed E-state index contributed by atoms with van der Waals surface area (Å²) in [5.74, 6) is -6.02. The number of hydrogen-bond donors (Lipinski definition) is 7. The van der Waals surface area contributed by atoms with Gasteiger partial charge in [-0.05, 0) is 18.2 Å². The molecule has 8 N–H and O–H groups in total. The van der Waals surface area contributed by atoms with Crippen LogP contribution in [0.5, 0.6) is 34.5 Å². The number of rotatable bonds is 2. The Morgan fingerprint density at radius 2 is 1.38 bits per heavy atom. The fourth-order valence-electron chi connectivity index (χ4n) is 1.88. The number of phenolic OH excluding ortho intramolecular Hbond substituents is 6. The van der Waals surface area contributed by atoms with Gasteiger partial charge in [0.2, 0.25) is 17.4 Å². The van der Waals surface area contributed by atoms with Crippen molar-refractivity contribution < 1.29 is 35.4 Å². The van der Waals surface area contributed by atoms with Crippen molar-refractivity contribution in [3.05, 3.63) is 23.8 Å². The van der Waals surface area contributed by atoms with Crippen LogP contribution in [0.2, 0.25) is 0 Å². The highest BCUT2D eigenvalue weighted by molar-refractivity contribution is 6.04. The lowest BCUT2D eigenvalue weighted by Gasteiger charge is -2.14. The molecule has 0 atom stereocenters. The third-order valence-corrected chi connectivity index (χ3v) is 2.92. The van der Waals surface area contributed by atoms with E-state index in [-0.39, 0.29) is 5.56 Å². The van der Waals surface area contributed by atoms with Gasteiger partial charge in [-0.25, -0.2) is 0 Å². The maximum atomic E-state index is 11.4. The number of aromatic hydroxyl groups is 6. The van der Waals surface area contributed by atoms with E-state index in [4.69, 9.17) is 5.73 Å². The van der Waals surface area contributed by atoms with Crippen molar-refractivity contribution in [2.24, 2.45) is 5.73 Å². The SMILES string of the molecule is NC(=O)c1cc(O)c(O)c(O)c1-c1ccc(O)c(O)c1O. The first kappa shape index (κ1) is 14.1. The van der Waals surface area contributed by atoms with E-state index in [1.807, 2.05) is 0 Å². The molecule has 0 aliphatic rings. The van der Waals surface area contributed by atoms with Crippen molar-refractivity contribution in [1.29, 1.82) is 0 Å². The lowest BCUT2D eigenvalue weighted by molar-refractivity contribution is 0.1000. The maximum absolute atomic E-state index is 11.4. The zero-order valence-corrected chi connectivity index (χ0v) is 10.4. The number of carbonyl (C=O) groups is 1. The fourth-order valence-corrected chi connectivity index (χ4v) is 1.88. The van der Waals surface area contributed by atoms with Crippen molar-refractivity contribution in [2.45, 2.75) is 0 Å². The van der Waals surface area contributed by atoms with Gasteiger partial charge in [-0.2, -0.15) is 0 Å². The van der Waals surface area contributed by atoms with Gasteiger partial charge in [0.1, 0.15) is 0 Å². The molecule has 8 nitrogen and oxygen atoms in total. The molecule has 0 aliphatic heterocycles. The number of carbonyl (C=O) groups excluding carboxylic acids is 1. The zero-order valence-electron chi connectivity index (χ0n) is 10.4. The normalized spacial score (nSPS) is 10.5. The van der Waals surface area contributed by atoms with E-state index in [2.05, 4.69) is 0 Å². The molecule has 0 aromatic heterocycles. The first-order valence-electron chi connectivity index (χ1n) is 5.57. The molecule has 110 valence electrons. The largest absolute Gasteiger partial charge is 0.504 e. The average Bonchev–Trinajstić information content (AvgIpc) is 2.43. The highest BCUT2D eigenvalue weighted by Gasteiger charge is 2.25. The van der Waals surface area contributed by atoms with Crippen molar-refractivity contribution in [2.75, 3.05) is 0 Å². The summed E-state index contributed by atoms with van der Waals surface area (Å²) in [6.07, 6.45) is 0. The van der Waals surface area contributed by atoms with Crippen LogP contribution >= 0.6 is 0 Å². The Balaban J connectivity index is 2.90. The second kappa shape index (κ2) is 4.67. The molecule has 0 heterocycles. The van der Waals surface area contributed by atoms with Crippen molar-refractivity contribution in [3.63, 3.8) is 0 Å². The summed E-state index contributed by atoms with van der Waals surface area (Å²) in [4.78, 5) is 11.4. The van der Waals surface area contributed by atoms with Gasteiger partial charge in [0.15, 0.2) is 23.0 Å². The Morgan fingerprint density at radius 1 is 0.810 bits per heavy atom. The van der Waals surface area contributed by atoms with Crippen LogP contribution in [0.1, 0.15) is 10.4 Å². The fraction of sp³-hybridized carbons (Fsp3) is 0. The Labute approximate surface area is 117 Å². The van der Waals surface area contributed by atoms with E-state index >= 15 is 0 Å². The third-order valence-electron chi connectivity index (χ3n) is 2.92. The highest BCUT2D eigenvalue weighted by Crippen LogP contribution is 2.50. The van der Waals surface area contributed by atoms with Crippen LogP contribution in [-0.4, -0.2) is 36.5 Å². The van der Waals surface area contributed by atoms with Crippen LogP contribution in [0.15, 0.2) is 18.2 Å². The van der Waals surface area contributed by atoms with Crippen molar-refractivity contribution in [1.82, 2.24) is 0 Å². The monoisotopic (exact) mass is 293 g/mol. The first-order chi connectivity index (χ1) is 9.75. The second-order valence-corrected chi connectivity index (χ2v) is 4.21. The Bertz CT molecular complexity index is 755. The molecule has 21 heavy (non-hydrogen) atoms. The summed E-state index contributed by atoms with van der Waals surface area (Å²) in [5.41, 5.74) is 4.05. The molecule has 1 amide bonds. The van der Waals surface area contributed by atoms with Gasteiger partial charge in [-0.1, -0.05) is 0 Å². The van der Waals surface area contributed by atoms with Gasteiger partial charge >= 0.3 is 0 Å². The van der Waals surface area contributed by atoms with Gasteiger partial charge in [0.25, 0.3) is 0 Å². The molecular weight excluding hydrogens is 282 g/mol. The molecule has 0 saturated carbocycles. The van der Waals surface area contributed by atoms with E-state index in [0.29, 0.717) is 0 Å². The highest BCUT2D eigenvalue weighted by atomic mass is 16.3. The first-order valence-corrected chi connectivity index (χ1v) is 5.57. The molecule has 0 radical (unpaired) electrons. The van der Waals surface area contributed by atoms with Crippen molar-refractivity contribution in [3.8, 4) is 45.6 Å². The number of hydrogen-bond acceptors (Lipinski definition) is 7. The van der Waals surface area contributed by atoms with E-state index in [1.54, 1.807) is 0 Å². The standard InChI is InChI=1S/C13H11NO7/c14-13(21)5-3-7(16)11(19)12(20)8(5)4-1-2-6(15)10(18)9(4)17/h1-3,15-20H,(H2,14,21). The van der Waals surface area contributed by atoms with E-state index in [0.717, 1.165) is 18.2 Å². The summed E-state index contributed by atoms with van der Waals surface area (Å²) in [6, 6.07) is 2.89. The quantitative estimate of drug-likeness (QED) is 0.400. The predicted octanol–water partition coefficient (Wildman–Crippen LogP) is 0.686. The van der Waals surface area contributed by atoms with Gasteiger partial charge < -0.3 is 36.4 Å². The maximum Gasteiger partial charge on any atom is 0.249 e. The lowest BCUT2D eigenvalue weighted by atomic mass is 9.95. The summed E-state index contributed by atoms with van der Waals surface area (Å²) in [7, 11) is 0. The van der Waals surface area contributed by atoms with Gasteiger partial charge in [-0.3, -0.25) is 4.79 Å². The van der Waals surface area contributed by atoms with Gasteiger partial charge in [0.05, 0.1) is 5.56 Å². The summed E-state index contributed by atoms with van der Waals surface area (Å²) in [5, 5.41) is 57.3. The van der Waals surface area contributed by atoms with E-state index < -0.39 is 51.5 Å². The topological polar surface area (TPSA) is 164 Å².